The summed E-state index contributed by atoms with van der Waals surface area (Å²) in [6, 6.07) is 0.846. The van der Waals surface area contributed by atoms with E-state index in [9.17, 15) is 4.79 Å². The Bertz CT molecular complexity index is 278. The van der Waals surface area contributed by atoms with Crippen LogP contribution in [-0.2, 0) is 4.79 Å². The third-order valence-electron chi connectivity index (χ3n) is 3.49. The van der Waals surface area contributed by atoms with Gasteiger partial charge in [-0.15, -0.1) is 0 Å². The maximum Gasteiger partial charge on any atom is 0.226 e. The van der Waals surface area contributed by atoms with Crippen molar-refractivity contribution in [2.24, 2.45) is 5.92 Å². The lowest BCUT2D eigenvalue weighted by Gasteiger charge is -2.38. The maximum absolute atomic E-state index is 12.3. The molecule has 0 aromatic heterocycles. The first kappa shape index (κ1) is 11.6. The number of nitrogens with one attached hydrogen (secondary N) is 1. The second-order valence-electron chi connectivity index (χ2n) is 5.19. The van der Waals surface area contributed by atoms with E-state index in [4.69, 9.17) is 0 Å². The molecule has 16 heavy (non-hydrogen) atoms. The summed E-state index contributed by atoms with van der Waals surface area (Å²) < 4.78 is 0. The number of carbonyl (C=O) groups excluding carboxylic acids is 1. The Kier molecular flexibility index (Phi) is 3.64. The summed E-state index contributed by atoms with van der Waals surface area (Å²) in [6.07, 6.45) is 7.37. The molecule has 1 fully saturated rings. The van der Waals surface area contributed by atoms with Gasteiger partial charge in [0.2, 0.25) is 5.91 Å². The summed E-state index contributed by atoms with van der Waals surface area (Å²) in [5.41, 5.74) is 0. The Morgan fingerprint density at radius 2 is 1.94 bits per heavy atom. The quantitative estimate of drug-likeness (QED) is 0.683. The smallest absolute Gasteiger partial charge is 0.226 e. The van der Waals surface area contributed by atoms with Gasteiger partial charge in [0, 0.05) is 31.1 Å². The molecule has 2 aliphatic rings. The number of hydrogen-bond acceptors (Lipinski definition) is 2. The van der Waals surface area contributed by atoms with Crippen LogP contribution in [0.2, 0.25) is 0 Å². The van der Waals surface area contributed by atoms with Crippen LogP contribution in [0.3, 0.4) is 0 Å². The highest BCUT2D eigenvalue weighted by atomic mass is 16.2. The minimum absolute atomic E-state index is 0.238. The summed E-state index contributed by atoms with van der Waals surface area (Å²) in [4.78, 5) is 14.4. The molecule has 3 nitrogen and oxygen atoms in total. The highest BCUT2D eigenvalue weighted by Gasteiger charge is 2.29. The van der Waals surface area contributed by atoms with Gasteiger partial charge in [0.15, 0.2) is 0 Å². The van der Waals surface area contributed by atoms with Gasteiger partial charge in [0.05, 0.1) is 0 Å². The van der Waals surface area contributed by atoms with Crippen LogP contribution in [0, 0.1) is 5.92 Å². The Morgan fingerprint density at radius 1 is 1.25 bits per heavy atom. The molecule has 3 heteroatoms. The van der Waals surface area contributed by atoms with Crippen molar-refractivity contribution in [3.8, 4) is 0 Å². The number of carbonyl (C=O) groups is 1. The maximum atomic E-state index is 12.3. The Balaban J connectivity index is 1.95. The first-order chi connectivity index (χ1) is 7.66. The van der Waals surface area contributed by atoms with E-state index in [2.05, 4.69) is 36.2 Å². The van der Waals surface area contributed by atoms with Gasteiger partial charge < -0.3 is 10.2 Å². The van der Waals surface area contributed by atoms with E-state index in [0.717, 1.165) is 32.4 Å². The van der Waals surface area contributed by atoms with Crippen LogP contribution < -0.4 is 5.32 Å². The minimum atomic E-state index is 0.238. The predicted octanol–water partition coefficient (Wildman–Crippen LogP) is 1.55. The summed E-state index contributed by atoms with van der Waals surface area (Å²) in [6.45, 7) is 6.03. The number of rotatable bonds is 1. The molecule has 0 saturated carbocycles. The first-order valence-corrected chi connectivity index (χ1v) is 6.36. The van der Waals surface area contributed by atoms with Gasteiger partial charge in [-0.05, 0) is 33.1 Å². The highest BCUT2D eigenvalue weighted by molar-refractivity contribution is 5.79. The minimum Gasteiger partial charge on any atom is -0.339 e. The Morgan fingerprint density at radius 3 is 2.50 bits per heavy atom. The summed E-state index contributed by atoms with van der Waals surface area (Å²) in [5, 5.41) is 3.46. The monoisotopic (exact) mass is 222 g/mol. The predicted molar refractivity (Wildman–Crippen MR) is 65.1 cm³/mol. The van der Waals surface area contributed by atoms with Crippen molar-refractivity contribution in [3.63, 3.8) is 0 Å². The van der Waals surface area contributed by atoms with Gasteiger partial charge in [-0.2, -0.15) is 0 Å². The number of piperazine rings is 1. The fourth-order valence-electron chi connectivity index (χ4n) is 2.78. The lowest BCUT2D eigenvalue weighted by atomic mass is 9.92. The fraction of sp³-hybridized carbons (Fsp3) is 0.769. The van der Waals surface area contributed by atoms with E-state index in [1.807, 2.05) is 0 Å². The normalized spacial score (nSPS) is 35.1. The van der Waals surface area contributed by atoms with Crippen molar-refractivity contribution in [3.05, 3.63) is 12.2 Å². The van der Waals surface area contributed by atoms with Crippen molar-refractivity contribution < 1.29 is 4.79 Å². The lowest BCUT2D eigenvalue weighted by molar-refractivity contribution is -0.137. The number of amides is 1. The molecule has 0 spiro atoms. The number of allylic oxidation sites excluding steroid dienone is 2. The van der Waals surface area contributed by atoms with Crippen LogP contribution in [-0.4, -0.2) is 36.0 Å². The fourth-order valence-corrected chi connectivity index (χ4v) is 2.78. The average Bonchev–Trinajstić information content (AvgIpc) is 2.28. The molecule has 1 saturated heterocycles. The Hall–Kier alpha value is -0.830. The second-order valence-corrected chi connectivity index (χ2v) is 5.19. The SMILES string of the molecule is CC1CN(C(=O)C2CC=CCC2)CC(C)N1. The zero-order valence-corrected chi connectivity index (χ0v) is 10.3. The summed E-state index contributed by atoms with van der Waals surface area (Å²) in [7, 11) is 0. The largest absolute Gasteiger partial charge is 0.339 e. The summed E-state index contributed by atoms with van der Waals surface area (Å²) >= 11 is 0. The number of hydrogen-bond donors (Lipinski definition) is 1. The van der Waals surface area contributed by atoms with E-state index < -0.39 is 0 Å². The topological polar surface area (TPSA) is 32.3 Å². The molecule has 1 amide bonds. The standard InChI is InChI=1S/C13H22N2O/c1-10-8-15(9-11(2)14-10)13(16)12-6-4-3-5-7-12/h3-4,10-12,14H,5-9H2,1-2H3. The van der Waals surface area contributed by atoms with Crippen LogP contribution in [0.15, 0.2) is 12.2 Å². The first-order valence-electron chi connectivity index (χ1n) is 6.36. The van der Waals surface area contributed by atoms with Crippen LogP contribution in [0.1, 0.15) is 33.1 Å². The van der Waals surface area contributed by atoms with Gasteiger partial charge >= 0.3 is 0 Å². The van der Waals surface area contributed by atoms with Crippen molar-refractivity contribution in [1.29, 1.82) is 0 Å². The summed E-state index contributed by atoms with van der Waals surface area (Å²) in [5.74, 6) is 0.604. The van der Waals surface area contributed by atoms with Gasteiger partial charge in [0.25, 0.3) is 0 Å². The van der Waals surface area contributed by atoms with E-state index >= 15 is 0 Å². The second kappa shape index (κ2) is 5.00. The van der Waals surface area contributed by atoms with Crippen molar-refractivity contribution in [1.82, 2.24) is 10.2 Å². The van der Waals surface area contributed by atoms with E-state index in [-0.39, 0.29) is 5.92 Å². The molecule has 1 aliphatic heterocycles. The van der Waals surface area contributed by atoms with Crippen molar-refractivity contribution >= 4 is 5.91 Å². The molecule has 0 radical (unpaired) electrons. The van der Waals surface area contributed by atoms with E-state index in [1.165, 1.54) is 0 Å². The third kappa shape index (κ3) is 2.64. The molecule has 3 unspecified atom stereocenters. The molecule has 1 N–H and O–H groups in total. The van der Waals surface area contributed by atoms with E-state index in [0.29, 0.717) is 18.0 Å². The molecule has 2 rings (SSSR count). The lowest BCUT2D eigenvalue weighted by Crippen LogP contribution is -2.57. The zero-order valence-electron chi connectivity index (χ0n) is 10.3. The highest BCUT2D eigenvalue weighted by Crippen LogP contribution is 2.21. The molecule has 0 aromatic rings. The Labute approximate surface area is 97.9 Å². The molecular formula is C13H22N2O. The van der Waals surface area contributed by atoms with Gasteiger partial charge in [-0.1, -0.05) is 12.2 Å². The van der Waals surface area contributed by atoms with Crippen molar-refractivity contribution in [2.45, 2.75) is 45.2 Å². The van der Waals surface area contributed by atoms with Crippen LogP contribution in [0.5, 0.6) is 0 Å². The molecule has 3 atom stereocenters. The zero-order chi connectivity index (χ0) is 11.5. The van der Waals surface area contributed by atoms with Crippen LogP contribution in [0.4, 0.5) is 0 Å². The average molecular weight is 222 g/mol. The third-order valence-corrected chi connectivity index (χ3v) is 3.49. The van der Waals surface area contributed by atoms with Gasteiger partial charge in [-0.3, -0.25) is 4.79 Å². The van der Waals surface area contributed by atoms with Crippen molar-refractivity contribution in [2.75, 3.05) is 13.1 Å². The number of nitrogens with zero attached hydrogens (tertiary/aromatic N) is 1. The molecule has 0 bridgehead atoms. The molecular weight excluding hydrogens is 200 g/mol. The van der Waals surface area contributed by atoms with Gasteiger partial charge in [0.1, 0.15) is 0 Å². The molecule has 90 valence electrons. The van der Waals surface area contributed by atoms with E-state index in [1.54, 1.807) is 0 Å². The molecule has 1 aliphatic carbocycles. The van der Waals surface area contributed by atoms with Crippen LogP contribution in [0.25, 0.3) is 0 Å². The molecule has 0 aromatic carbocycles. The van der Waals surface area contributed by atoms with Crippen LogP contribution >= 0.6 is 0 Å². The van der Waals surface area contributed by atoms with Gasteiger partial charge in [-0.25, -0.2) is 0 Å². The molecule has 1 heterocycles.